The van der Waals surface area contributed by atoms with Gasteiger partial charge in [0.2, 0.25) is 12.0 Å². The Bertz CT molecular complexity index is 1260. The van der Waals surface area contributed by atoms with E-state index in [2.05, 4.69) is 10.7 Å². The molecule has 1 heterocycles. The molecule has 1 saturated heterocycles. The Labute approximate surface area is 209 Å². The summed E-state index contributed by atoms with van der Waals surface area (Å²) in [6.07, 6.45) is 2.92. The summed E-state index contributed by atoms with van der Waals surface area (Å²) in [5.41, 5.74) is 4.38. The van der Waals surface area contributed by atoms with Crippen LogP contribution in [0.2, 0.25) is 0 Å². The van der Waals surface area contributed by atoms with Crippen LogP contribution in [0.5, 0.6) is 11.5 Å². The van der Waals surface area contributed by atoms with Crippen molar-refractivity contribution in [2.45, 2.75) is 26.0 Å². The van der Waals surface area contributed by atoms with Gasteiger partial charge in [-0.3, -0.25) is 19.8 Å². The van der Waals surface area contributed by atoms with Crippen LogP contribution >= 0.6 is 0 Å². The Morgan fingerprint density at radius 2 is 1.69 bits per heavy atom. The van der Waals surface area contributed by atoms with Crippen LogP contribution in [0.3, 0.4) is 0 Å². The summed E-state index contributed by atoms with van der Waals surface area (Å²) < 4.78 is 11.6. The van der Waals surface area contributed by atoms with Crippen LogP contribution < -0.4 is 20.2 Å². The number of benzene rings is 3. The average Bonchev–Trinajstić information content (AvgIpc) is 2.88. The molecule has 1 aliphatic rings. The zero-order valence-electron chi connectivity index (χ0n) is 20.0. The molecule has 1 fully saturated rings. The maximum absolute atomic E-state index is 13.2. The SMILES string of the molecule is CCOc1cc(NC(C)=O)ccc1C(=O)NN1C(=O)[C@H](Oc2ccccc2)[C@@H]1/C=C/c1ccccc1. The monoisotopic (exact) mass is 485 g/mol. The zero-order chi connectivity index (χ0) is 25.5. The predicted octanol–water partition coefficient (Wildman–Crippen LogP) is 4.06. The highest BCUT2D eigenvalue weighted by atomic mass is 16.5. The number of carbonyl (C=O) groups excluding carboxylic acids is 3. The summed E-state index contributed by atoms with van der Waals surface area (Å²) in [7, 11) is 0. The Morgan fingerprint density at radius 1 is 1.00 bits per heavy atom. The molecule has 8 nitrogen and oxygen atoms in total. The number of nitrogens with one attached hydrogen (secondary N) is 2. The summed E-state index contributed by atoms with van der Waals surface area (Å²) in [6.45, 7) is 3.51. The molecule has 3 amide bonds. The van der Waals surface area contributed by atoms with Gasteiger partial charge in [0, 0.05) is 18.7 Å². The normalized spacial score (nSPS) is 16.8. The second-order valence-corrected chi connectivity index (χ2v) is 8.09. The predicted molar refractivity (Wildman–Crippen MR) is 136 cm³/mol. The smallest absolute Gasteiger partial charge is 0.285 e. The highest BCUT2D eigenvalue weighted by molar-refractivity contribution is 6.00. The number of carbonyl (C=O) groups is 3. The van der Waals surface area contributed by atoms with Crippen LogP contribution in [0.4, 0.5) is 5.69 Å². The highest BCUT2D eigenvalue weighted by Gasteiger charge is 2.49. The molecule has 0 saturated carbocycles. The third-order valence-corrected chi connectivity index (χ3v) is 5.45. The number of amides is 3. The Kier molecular flexibility index (Phi) is 7.65. The van der Waals surface area contributed by atoms with Crippen molar-refractivity contribution in [2.24, 2.45) is 0 Å². The van der Waals surface area contributed by atoms with E-state index in [9.17, 15) is 14.4 Å². The van der Waals surface area contributed by atoms with Crippen molar-refractivity contribution in [3.05, 3.63) is 96.1 Å². The van der Waals surface area contributed by atoms with Crippen molar-refractivity contribution in [1.29, 1.82) is 0 Å². The van der Waals surface area contributed by atoms with Crippen LogP contribution in [0.15, 0.2) is 84.9 Å². The maximum Gasteiger partial charge on any atom is 0.285 e. The first-order valence-corrected chi connectivity index (χ1v) is 11.6. The highest BCUT2D eigenvalue weighted by Crippen LogP contribution is 2.28. The number of anilines is 1. The Morgan fingerprint density at radius 3 is 2.36 bits per heavy atom. The lowest BCUT2D eigenvalue weighted by atomic mass is 9.98. The number of para-hydroxylation sites is 1. The van der Waals surface area contributed by atoms with Crippen LogP contribution in [-0.4, -0.2) is 41.5 Å². The molecule has 0 unspecified atom stereocenters. The lowest BCUT2D eigenvalue weighted by Gasteiger charge is -2.44. The first kappa shape index (κ1) is 24.5. The minimum Gasteiger partial charge on any atom is -0.493 e. The van der Waals surface area contributed by atoms with E-state index in [1.807, 2.05) is 60.7 Å². The Hall–Kier alpha value is -4.59. The molecular weight excluding hydrogens is 458 g/mol. The van der Waals surface area contributed by atoms with E-state index in [0.717, 1.165) is 5.56 Å². The molecular formula is C28H27N3O5. The summed E-state index contributed by atoms with van der Waals surface area (Å²) in [5.74, 6) is -0.270. The fraction of sp³-hybridized carbons (Fsp3) is 0.179. The molecule has 36 heavy (non-hydrogen) atoms. The minimum absolute atomic E-state index is 0.233. The third-order valence-electron chi connectivity index (χ3n) is 5.45. The standard InChI is InChI=1S/C28H27N3O5/c1-3-35-25-18-21(29-19(2)32)15-16-23(25)27(33)30-31-24(17-14-20-10-6-4-7-11-20)26(28(31)34)36-22-12-8-5-9-13-22/h4-18,24,26H,3H2,1-2H3,(H,29,32)(H,30,33)/b17-14+/t24-,26+/m0/s1. The number of ether oxygens (including phenoxy) is 2. The van der Waals surface area contributed by atoms with Crippen molar-refractivity contribution < 1.29 is 23.9 Å². The molecule has 0 aliphatic carbocycles. The van der Waals surface area contributed by atoms with Crippen molar-refractivity contribution >= 4 is 29.5 Å². The number of nitrogens with zero attached hydrogens (tertiary/aromatic N) is 1. The first-order chi connectivity index (χ1) is 17.5. The zero-order valence-corrected chi connectivity index (χ0v) is 20.0. The van der Waals surface area contributed by atoms with Crippen LogP contribution in [-0.2, 0) is 9.59 Å². The summed E-state index contributed by atoms with van der Waals surface area (Å²) >= 11 is 0. The number of rotatable bonds is 9. The fourth-order valence-corrected chi connectivity index (χ4v) is 3.78. The lowest BCUT2D eigenvalue weighted by Crippen LogP contribution is -2.71. The van der Waals surface area contributed by atoms with Crippen molar-refractivity contribution in [3.8, 4) is 11.5 Å². The molecule has 3 aromatic rings. The summed E-state index contributed by atoms with van der Waals surface area (Å²) in [6, 6.07) is 22.9. The summed E-state index contributed by atoms with van der Waals surface area (Å²) in [4.78, 5) is 37.6. The minimum atomic E-state index is -0.791. The van der Waals surface area contributed by atoms with E-state index < -0.39 is 18.1 Å². The van der Waals surface area contributed by atoms with Crippen molar-refractivity contribution in [1.82, 2.24) is 10.4 Å². The number of hydrazine groups is 1. The second kappa shape index (κ2) is 11.2. The molecule has 0 radical (unpaired) electrons. The topological polar surface area (TPSA) is 97.0 Å². The number of hydrogen-bond donors (Lipinski definition) is 2. The molecule has 3 aromatic carbocycles. The first-order valence-electron chi connectivity index (χ1n) is 11.6. The Balaban J connectivity index is 1.56. The van der Waals surface area contributed by atoms with E-state index in [1.54, 1.807) is 37.3 Å². The maximum atomic E-state index is 13.2. The van der Waals surface area contributed by atoms with Crippen molar-refractivity contribution in [2.75, 3.05) is 11.9 Å². The van der Waals surface area contributed by atoms with E-state index in [4.69, 9.17) is 9.47 Å². The molecule has 0 spiro atoms. The molecule has 0 aromatic heterocycles. The molecule has 184 valence electrons. The third kappa shape index (κ3) is 5.72. The van der Waals surface area contributed by atoms with E-state index in [-0.39, 0.29) is 17.4 Å². The second-order valence-electron chi connectivity index (χ2n) is 8.09. The van der Waals surface area contributed by atoms with Gasteiger partial charge in [-0.25, -0.2) is 5.01 Å². The lowest BCUT2D eigenvalue weighted by molar-refractivity contribution is -0.163. The molecule has 8 heteroatoms. The van der Waals surface area contributed by atoms with Gasteiger partial charge >= 0.3 is 0 Å². The van der Waals surface area contributed by atoms with Gasteiger partial charge in [-0.15, -0.1) is 0 Å². The van der Waals surface area contributed by atoms with Crippen LogP contribution in [0.1, 0.15) is 29.8 Å². The molecule has 4 rings (SSSR count). The van der Waals surface area contributed by atoms with Gasteiger partial charge in [0.15, 0.2) is 0 Å². The molecule has 0 bridgehead atoms. The molecule has 1 aliphatic heterocycles. The van der Waals surface area contributed by atoms with E-state index in [0.29, 0.717) is 23.8 Å². The largest absolute Gasteiger partial charge is 0.493 e. The van der Waals surface area contributed by atoms with Gasteiger partial charge in [-0.2, -0.15) is 0 Å². The van der Waals surface area contributed by atoms with Crippen molar-refractivity contribution in [3.63, 3.8) is 0 Å². The molecule has 2 atom stereocenters. The quantitative estimate of drug-likeness (QED) is 0.446. The average molecular weight is 486 g/mol. The van der Waals surface area contributed by atoms with E-state index >= 15 is 0 Å². The van der Waals surface area contributed by atoms with Gasteiger partial charge in [0.25, 0.3) is 11.8 Å². The molecule has 2 N–H and O–H groups in total. The number of hydrogen-bond acceptors (Lipinski definition) is 5. The van der Waals surface area contributed by atoms with Crippen LogP contribution in [0.25, 0.3) is 6.08 Å². The van der Waals surface area contributed by atoms with Gasteiger partial charge in [0.05, 0.1) is 12.2 Å². The summed E-state index contributed by atoms with van der Waals surface area (Å²) in [5, 5.41) is 3.92. The fourth-order valence-electron chi connectivity index (χ4n) is 3.78. The van der Waals surface area contributed by atoms with Gasteiger partial charge in [-0.1, -0.05) is 60.7 Å². The van der Waals surface area contributed by atoms with Crippen LogP contribution in [0, 0.1) is 0 Å². The van der Waals surface area contributed by atoms with Gasteiger partial charge in [0.1, 0.15) is 17.5 Å². The number of β-lactam (4-membered cyclic amide) rings is 1. The van der Waals surface area contributed by atoms with Gasteiger partial charge in [-0.05, 0) is 36.8 Å². The van der Waals surface area contributed by atoms with Gasteiger partial charge < -0.3 is 14.8 Å². The van der Waals surface area contributed by atoms with E-state index in [1.165, 1.54) is 11.9 Å².